The van der Waals surface area contributed by atoms with Crippen LogP contribution in [0.1, 0.15) is 15.9 Å². The number of ether oxygens (including phenoxy) is 1. The Balaban J connectivity index is 1.65. The fourth-order valence-electron chi connectivity index (χ4n) is 2.93. The minimum atomic E-state index is -4.54. The lowest BCUT2D eigenvalue weighted by atomic mass is 10.1. The SMILES string of the molecule is O=C(c1cccc(OC(F)F)c1)N1CCN(c2ncc(C(F)(F)F)cc2Cl)CC1. The van der Waals surface area contributed by atoms with Gasteiger partial charge in [-0.1, -0.05) is 17.7 Å². The highest BCUT2D eigenvalue weighted by atomic mass is 35.5. The summed E-state index contributed by atoms with van der Waals surface area (Å²) >= 11 is 5.96. The van der Waals surface area contributed by atoms with Gasteiger partial charge in [-0.15, -0.1) is 0 Å². The zero-order valence-corrected chi connectivity index (χ0v) is 15.6. The first kappa shape index (κ1) is 21.1. The molecule has 29 heavy (non-hydrogen) atoms. The summed E-state index contributed by atoms with van der Waals surface area (Å²) < 4.78 is 67.2. The van der Waals surface area contributed by atoms with E-state index in [0.29, 0.717) is 19.3 Å². The van der Waals surface area contributed by atoms with Crippen LogP contribution >= 0.6 is 11.6 Å². The highest BCUT2D eigenvalue weighted by Gasteiger charge is 2.32. The third-order valence-corrected chi connectivity index (χ3v) is 4.60. The van der Waals surface area contributed by atoms with Gasteiger partial charge < -0.3 is 14.5 Å². The van der Waals surface area contributed by atoms with Gasteiger partial charge in [0.05, 0.1) is 10.6 Å². The minimum Gasteiger partial charge on any atom is -0.435 e. The van der Waals surface area contributed by atoms with Gasteiger partial charge >= 0.3 is 12.8 Å². The first-order valence-electron chi connectivity index (χ1n) is 8.47. The number of anilines is 1. The summed E-state index contributed by atoms with van der Waals surface area (Å²) in [4.78, 5) is 19.6. The Morgan fingerprint density at radius 2 is 1.83 bits per heavy atom. The summed E-state index contributed by atoms with van der Waals surface area (Å²) in [6.45, 7) is -1.87. The van der Waals surface area contributed by atoms with Crippen LogP contribution in [0.25, 0.3) is 0 Å². The minimum absolute atomic E-state index is 0.120. The zero-order valence-electron chi connectivity index (χ0n) is 14.8. The summed E-state index contributed by atoms with van der Waals surface area (Å²) in [6, 6.07) is 6.29. The van der Waals surface area contributed by atoms with Crippen molar-refractivity contribution in [1.29, 1.82) is 0 Å². The van der Waals surface area contributed by atoms with Gasteiger partial charge in [-0.2, -0.15) is 22.0 Å². The van der Waals surface area contributed by atoms with E-state index in [9.17, 15) is 26.7 Å². The molecule has 0 bridgehead atoms. The maximum Gasteiger partial charge on any atom is 0.417 e. The molecule has 1 aliphatic heterocycles. The molecular weight excluding hydrogens is 421 g/mol. The fraction of sp³-hybridized carbons (Fsp3) is 0.333. The molecule has 1 fully saturated rings. The van der Waals surface area contributed by atoms with Gasteiger partial charge in [0.1, 0.15) is 11.6 Å². The van der Waals surface area contributed by atoms with E-state index < -0.39 is 18.4 Å². The van der Waals surface area contributed by atoms with Crippen LogP contribution in [0.3, 0.4) is 0 Å². The lowest BCUT2D eigenvalue weighted by Gasteiger charge is -2.35. The number of benzene rings is 1. The van der Waals surface area contributed by atoms with E-state index >= 15 is 0 Å². The summed E-state index contributed by atoms with van der Waals surface area (Å²) in [6.07, 6.45) is -3.82. The number of halogens is 6. The van der Waals surface area contributed by atoms with E-state index in [-0.39, 0.29) is 41.2 Å². The van der Waals surface area contributed by atoms with Crippen molar-refractivity contribution in [3.63, 3.8) is 0 Å². The smallest absolute Gasteiger partial charge is 0.417 e. The van der Waals surface area contributed by atoms with Gasteiger partial charge in [-0.05, 0) is 24.3 Å². The second-order valence-corrected chi connectivity index (χ2v) is 6.62. The van der Waals surface area contributed by atoms with Gasteiger partial charge in [-0.3, -0.25) is 4.79 Å². The van der Waals surface area contributed by atoms with Crippen molar-refractivity contribution < 1.29 is 31.5 Å². The molecule has 0 N–H and O–H groups in total. The molecular formula is C18H15ClF5N3O2. The molecule has 3 rings (SSSR count). The van der Waals surface area contributed by atoms with Crippen molar-refractivity contribution in [2.24, 2.45) is 0 Å². The van der Waals surface area contributed by atoms with Crippen LogP contribution in [0.5, 0.6) is 5.75 Å². The van der Waals surface area contributed by atoms with Gasteiger partial charge in [-0.25, -0.2) is 4.98 Å². The molecule has 1 amide bonds. The number of hydrogen-bond acceptors (Lipinski definition) is 4. The third-order valence-electron chi connectivity index (χ3n) is 4.32. The molecule has 1 aliphatic rings. The van der Waals surface area contributed by atoms with E-state index in [1.807, 2.05) is 0 Å². The Hall–Kier alpha value is -2.62. The lowest BCUT2D eigenvalue weighted by molar-refractivity contribution is -0.137. The number of pyridine rings is 1. The van der Waals surface area contributed by atoms with Crippen molar-refractivity contribution in [3.8, 4) is 5.75 Å². The summed E-state index contributed by atoms with van der Waals surface area (Å²) in [5.41, 5.74) is -0.742. The second-order valence-electron chi connectivity index (χ2n) is 6.21. The zero-order chi connectivity index (χ0) is 21.2. The molecule has 1 aromatic carbocycles. The predicted octanol–water partition coefficient (Wildman–Crippen LogP) is 4.32. The fourth-order valence-corrected chi connectivity index (χ4v) is 3.21. The monoisotopic (exact) mass is 435 g/mol. The van der Waals surface area contributed by atoms with Crippen LogP contribution in [0.2, 0.25) is 5.02 Å². The van der Waals surface area contributed by atoms with Crippen LogP contribution in [0.4, 0.5) is 27.8 Å². The number of amides is 1. The van der Waals surface area contributed by atoms with Crippen LogP contribution in [0.15, 0.2) is 36.5 Å². The molecule has 1 aromatic heterocycles. The van der Waals surface area contributed by atoms with Gasteiger partial charge in [0.15, 0.2) is 0 Å². The molecule has 0 radical (unpaired) electrons. The highest BCUT2D eigenvalue weighted by molar-refractivity contribution is 6.33. The first-order valence-corrected chi connectivity index (χ1v) is 8.85. The Kier molecular flexibility index (Phi) is 6.11. The highest BCUT2D eigenvalue weighted by Crippen LogP contribution is 2.33. The topological polar surface area (TPSA) is 45.7 Å². The Bertz CT molecular complexity index is 886. The van der Waals surface area contributed by atoms with Crippen molar-refractivity contribution in [2.75, 3.05) is 31.1 Å². The summed E-state index contributed by atoms with van der Waals surface area (Å²) in [5, 5.41) is -0.128. The Labute approximate surface area is 167 Å². The van der Waals surface area contributed by atoms with E-state index in [1.165, 1.54) is 29.2 Å². The average molecular weight is 436 g/mol. The van der Waals surface area contributed by atoms with Crippen molar-refractivity contribution >= 4 is 23.3 Å². The van der Waals surface area contributed by atoms with E-state index in [2.05, 4.69) is 9.72 Å². The number of carbonyl (C=O) groups excluding carboxylic acids is 1. The molecule has 1 saturated heterocycles. The second kappa shape index (κ2) is 8.40. The maximum atomic E-state index is 12.7. The summed E-state index contributed by atoms with van der Waals surface area (Å²) in [5.74, 6) is -0.278. The van der Waals surface area contributed by atoms with Crippen LogP contribution in [-0.2, 0) is 6.18 Å². The molecule has 0 saturated carbocycles. The van der Waals surface area contributed by atoms with E-state index in [0.717, 1.165) is 6.07 Å². The number of rotatable bonds is 4. The summed E-state index contributed by atoms with van der Waals surface area (Å²) in [7, 11) is 0. The molecule has 5 nitrogen and oxygen atoms in total. The molecule has 11 heteroatoms. The van der Waals surface area contributed by atoms with Crippen LogP contribution in [-0.4, -0.2) is 48.6 Å². The van der Waals surface area contributed by atoms with E-state index in [4.69, 9.17) is 11.6 Å². The Morgan fingerprint density at radius 1 is 1.14 bits per heavy atom. The largest absolute Gasteiger partial charge is 0.435 e. The van der Waals surface area contributed by atoms with Gasteiger partial charge in [0.2, 0.25) is 0 Å². The normalized spacial score (nSPS) is 15.0. The number of piperazine rings is 1. The Morgan fingerprint density at radius 3 is 2.41 bits per heavy atom. The quantitative estimate of drug-likeness (QED) is 0.671. The number of nitrogens with zero attached hydrogens (tertiary/aromatic N) is 3. The lowest BCUT2D eigenvalue weighted by Crippen LogP contribution is -2.49. The number of hydrogen-bond donors (Lipinski definition) is 0. The molecule has 0 spiro atoms. The van der Waals surface area contributed by atoms with Gasteiger partial charge in [0, 0.05) is 37.9 Å². The van der Waals surface area contributed by atoms with Crippen LogP contribution < -0.4 is 9.64 Å². The van der Waals surface area contributed by atoms with Gasteiger partial charge in [0.25, 0.3) is 5.91 Å². The average Bonchev–Trinajstić information content (AvgIpc) is 2.66. The van der Waals surface area contributed by atoms with Crippen molar-refractivity contribution in [3.05, 3.63) is 52.7 Å². The predicted molar refractivity (Wildman–Crippen MR) is 95.4 cm³/mol. The number of aromatic nitrogens is 1. The molecule has 0 unspecified atom stereocenters. The van der Waals surface area contributed by atoms with Crippen LogP contribution in [0, 0.1) is 0 Å². The first-order chi connectivity index (χ1) is 13.6. The maximum absolute atomic E-state index is 12.7. The number of carbonyl (C=O) groups is 1. The molecule has 0 atom stereocenters. The molecule has 0 aliphatic carbocycles. The number of alkyl halides is 5. The molecule has 2 aromatic rings. The standard InChI is InChI=1S/C18H15ClF5N3O2/c19-14-9-12(18(22,23)24)10-25-15(14)26-4-6-27(7-5-26)16(28)11-2-1-3-13(8-11)29-17(20)21/h1-3,8-10,17H,4-7H2. The third kappa shape index (κ3) is 5.06. The van der Waals surface area contributed by atoms with Crippen molar-refractivity contribution in [1.82, 2.24) is 9.88 Å². The molecule has 156 valence electrons. The van der Waals surface area contributed by atoms with Crippen molar-refractivity contribution in [2.45, 2.75) is 12.8 Å². The molecule has 2 heterocycles. The van der Waals surface area contributed by atoms with E-state index in [1.54, 1.807) is 4.90 Å².